The Hall–Kier alpha value is -1.89. The minimum Gasteiger partial charge on any atom is -0.353 e. The van der Waals surface area contributed by atoms with Gasteiger partial charge in [-0.25, -0.2) is 0 Å². The Morgan fingerprint density at radius 3 is 2.60 bits per heavy atom. The van der Waals surface area contributed by atoms with Gasteiger partial charge in [0.1, 0.15) is 0 Å². The fourth-order valence-corrected chi connectivity index (χ4v) is 3.17. The number of nitrogens with one attached hydrogen (secondary N) is 1. The van der Waals surface area contributed by atoms with Crippen molar-refractivity contribution in [3.05, 3.63) is 29.8 Å². The summed E-state index contributed by atoms with van der Waals surface area (Å²) in [5.74, 6) is 1.03. The van der Waals surface area contributed by atoms with Crippen LogP contribution >= 0.6 is 11.8 Å². The van der Waals surface area contributed by atoms with Crippen LogP contribution in [0.1, 0.15) is 45.6 Å². The molecule has 1 aromatic carbocycles. The molecule has 1 aromatic heterocycles. The predicted molar refractivity (Wildman–Crippen MR) is 101 cm³/mol. The number of hydrogen-bond acceptors (Lipinski definition) is 5. The maximum atomic E-state index is 12.1. The molecule has 7 heteroatoms. The summed E-state index contributed by atoms with van der Waals surface area (Å²) in [4.78, 5) is 12.1. The number of carbonyl (C=O) groups is 1. The highest BCUT2D eigenvalue weighted by Crippen LogP contribution is 2.18. The maximum absolute atomic E-state index is 12.1. The second-order valence-electron chi connectivity index (χ2n) is 6.79. The van der Waals surface area contributed by atoms with Crippen molar-refractivity contribution in [1.29, 1.82) is 0 Å². The van der Waals surface area contributed by atoms with Crippen LogP contribution in [-0.2, 0) is 4.79 Å². The van der Waals surface area contributed by atoms with Crippen molar-refractivity contribution in [3.8, 4) is 5.69 Å². The Kier molecular flexibility index (Phi) is 7.43. The van der Waals surface area contributed by atoms with Crippen molar-refractivity contribution in [2.75, 3.05) is 5.75 Å². The molecule has 0 saturated carbocycles. The molecule has 1 N–H and O–H groups in total. The normalized spacial score (nSPS) is 12.4. The molecule has 0 spiro atoms. The number of hydrogen-bond donors (Lipinski definition) is 1. The van der Waals surface area contributed by atoms with Gasteiger partial charge in [-0.15, -0.1) is 5.10 Å². The molecule has 1 heterocycles. The van der Waals surface area contributed by atoms with Crippen LogP contribution in [0.15, 0.2) is 29.4 Å². The first kappa shape index (κ1) is 19.4. The van der Waals surface area contributed by atoms with Gasteiger partial charge >= 0.3 is 0 Å². The summed E-state index contributed by atoms with van der Waals surface area (Å²) in [6, 6.07) is 8.15. The van der Waals surface area contributed by atoms with E-state index in [1.807, 2.05) is 31.2 Å². The number of tetrazole rings is 1. The zero-order chi connectivity index (χ0) is 18.2. The standard InChI is InChI=1S/C18H27N5OS/c1-13(2)6-5-7-15(4)19-17(24)12-25-18-20-21-22-23(18)16-10-8-14(3)9-11-16/h8-11,13,15H,5-7,12H2,1-4H3,(H,19,24)/t15-/m0/s1. The van der Waals surface area contributed by atoms with Crippen LogP contribution in [0.25, 0.3) is 5.69 Å². The summed E-state index contributed by atoms with van der Waals surface area (Å²) in [5, 5.41) is 15.4. The van der Waals surface area contributed by atoms with Crippen molar-refractivity contribution in [2.24, 2.45) is 5.92 Å². The number of rotatable bonds is 9. The molecule has 0 bridgehead atoms. The van der Waals surface area contributed by atoms with E-state index in [2.05, 4.69) is 41.6 Å². The number of carbonyl (C=O) groups excluding carboxylic acids is 1. The lowest BCUT2D eigenvalue weighted by Crippen LogP contribution is -2.33. The van der Waals surface area contributed by atoms with E-state index in [-0.39, 0.29) is 11.9 Å². The van der Waals surface area contributed by atoms with Crippen molar-refractivity contribution < 1.29 is 4.79 Å². The minimum absolute atomic E-state index is 0.0144. The third-order valence-electron chi connectivity index (χ3n) is 3.88. The fourth-order valence-electron chi connectivity index (χ4n) is 2.47. The lowest BCUT2D eigenvalue weighted by Gasteiger charge is -2.14. The number of amides is 1. The third-order valence-corrected chi connectivity index (χ3v) is 4.80. The Bertz CT molecular complexity index is 668. The average molecular weight is 362 g/mol. The molecule has 0 unspecified atom stereocenters. The van der Waals surface area contributed by atoms with E-state index in [0.29, 0.717) is 16.8 Å². The van der Waals surface area contributed by atoms with Gasteiger partial charge in [0, 0.05) is 6.04 Å². The van der Waals surface area contributed by atoms with Crippen LogP contribution < -0.4 is 5.32 Å². The first-order valence-corrected chi connectivity index (χ1v) is 9.72. The lowest BCUT2D eigenvalue weighted by molar-refractivity contribution is -0.119. The molecule has 2 rings (SSSR count). The van der Waals surface area contributed by atoms with Gasteiger partial charge in [-0.3, -0.25) is 4.79 Å². The topological polar surface area (TPSA) is 72.7 Å². The van der Waals surface area contributed by atoms with Crippen LogP contribution in [0.5, 0.6) is 0 Å². The van der Waals surface area contributed by atoms with Crippen LogP contribution in [0.3, 0.4) is 0 Å². The monoisotopic (exact) mass is 361 g/mol. The summed E-state index contributed by atoms with van der Waals surface area (Å²) in [7, 11) is 0. The van der Waals surface area contributed by atoms with Gasteiger partial charge in [0.05, 0.1) is 11.4 Å². The number of benzene rings is 1. The van der Waals surface area contributed by atoms with E-state index in [4.69, 9.17) is 0 Å². The van der Waals surface area contributed by atoms with E-state index in [1.54, 1.807) is 4.68 Å². The largest absolute Gasteiger partial charge is 0.353 e. The van der Waals surface area contributed by atoms with E-state index in [0.717, 1.165) is 18.5 Å². The van der Waals surface area contributed by atoms with Gasteiger partial charge in [0.15, 0.2) is 0 Å². The molecular formula is C18H27N5OS. The van der Waals surface area contributed by atoms with Crippen LogP contribution in [0, 0.1) is 12.8 Å². The molecule has 6 nitrogen and oxygen atoms in total. The van der Waals surface area contributed by atoms with Gasteiger partial charge < -0.3 is 5.32 Å². The first-order chi connectivity index (χ1) is 12.0. The molecule has 0 aliphatic heterocycles. The highest BCUT2D eigenvalue weighted by atomic mass is 32.2. The maximum Gasteiger partial charge on any atom is 0.230 e. The molecule has 1 amide bonds. The highest BCUT2D eigenvalue weighted by molar-refractivity contribution is 7.99. The van der Waals surface area contributed by atoms with Crippen molar-refractivity contribution in [2.45, 2.75) is 58.2 Å². The van der Waals surface area contributed by atoms with Crippen LogP contribution in [0.4, 0.5) is 0 Å². The number of thioether (sulfide) groups is 1. The first-order valence-electron chi connectivity index (χ1n) is 8.73. The minimum atomic E-state index is 0.0144. The molecule has 0 aliphatic rings. The summed E-state index contributed by atoms with van der Waals surface area (Å²) in [6.07, 6.45) is 3.34. The molecule has 0 fully saturated rings. The van der Waals surface area contributed by atoms with Crippen molar-refractivity contribution in [1.82, 2.24) is 25.5 Å². The number of aromatic nitrogens is 4. The van der Waals surface area contributed by atoms with Gasteiger partial charge in [-0.05, 0) is 48.7 Å². The summed E-state index contributed by atoms with van der Waals surface area (Å²) >= 11 is 1.35. The second kappa shape index (κ2) is 9.56. The SMILES string of the molecule is Cc1ccc(-n2nnnc2SCC(=O)N[C@@H](C)CCCC(C)C)cc1. The Balaban J connectivity index is 1.82. The summed E-state index contributed by atoms with van der Waals surface area (Å²) < 4.78 is 1.66. The zero-order valence-corrected chi connectivity index (χ0v) is 16.2. The van der Waals surface area contributed by atoms with Crippen molar-refractivity contribution in [3.63, 3.8) is 0 Å². The van der Waals surface area contributed by atoms with E-state index < -0.39 is 0 Å². The molecule has 1 atom stereocenters. The van der Waals surface area contributed by atoms with E-state index in [1.165, 1.54) is 23.7 Å². The summed E-state index contributed by atoms with van der Waals surface area (Å²) in [6.45, 7) is 8.53. The van der Waals surface area contributed by atoms with E-state index in [9.17, 15) is 4.79 Å². The van der Waals surface area contributed by atoms with Crippen molar-refractivity contribution >= 4 is 17.7 Å². The molecular weight excluding hydrogens is 334 g/mol. The second-order valence-corrected chi connectivity index (χ2v) is 7.73. The smallest absolute Gasteiger partial charge is 0.230 e. The van der Waals surface area contributed by atoms with Gasteiger partial charge in [-0.1, -0.05) is 56.1 Å². The Morgan fingerprint density at radius 2 is 1.92 bits per heavy atom. The number of aryl methyl sites for hydroxylation is 1. The number of nitrogens with zero attached hydrogens (tertiary/aromatic N) is 4. The Labute approximate surface area is 153 Å². The zero-order valence-electron chi connectivity index (χ0n) is 15.4. The molecule has 0 aliphatic carbocycles. The lowest BCUT2D eigenvalue weighted by atomic mass is 10.0. The highest BCUT2D eigenvalue weighted by Gasteiger charge is 2.13. The quantitative estimate of drug-likeness (QED) is 0.693. The molecule has 2 aromatic rings. The third kappa shape index (κ3) is 6.49. The molecule has 136 valence electrons. The van der Waals surface area contributed by atoms with Crippen LogP contribution in [0.2, 0.25) is 0 Å². The van der Waals surface area contributed by atoms with E-state index >= 15 is 0 Å². The predicted octanol–water partition coefficient (Wildman–Crippen LogP) is 3.39. The fraction of sp³-hybridized carbons (Fsp3) is 0.556. The Morgan fingerprint density at radius 1 is 1.20 bits per heavy atom. The van der Waals surface area contributed by atoms with Gasteiger partial charge in [0.25, 0.3) is 0 Å². The molecule has 0 radical (unpaired) electrons. The van der Waals surface area contributed by atoms with Crippen LogP contribution in [-0.4, -0.2) is 37.9 Å². The summed E-state index contributed by atoms with van der Waals surface area (Å²) in [5.41, 5.74) is 2.07. The van der Waals surface area contributed by atoms with Gasteiger partial charge in [0.2, 0.25) is 11.1 Å². The average Bonchev–Trinajstić information content (AvgIpc) is 3.01. The molecule has 25 heavy (non-hydrogen) atoms. The molecule has 0 saturated heterocycles. The van der Waals surface area contributed by atoms with Gasteiger partial charge in [-0.2, -0.15) is 4.68 Å².